The largest absolute Gasteiger partial charge is 0.497 e. The fourth-order valence-electron chi connectivity index (χ4n) is 2.99. The van der Waals surface area contributed by atoms with Crippen LogP contribution in [-0.2, 0) is 21.4 Å². The van der Waals surface area contributed by atoms with Crippen molar-refractivity contribution in [2.45, 2.75) is 26.4 Å². The molecule has 31 heavy (non-hydrogen) atoms. The molecule has 1 N–H and O–H groups in total. The number of aryl methyl sites for hydroxylation is 1. The lowest BCUT2D eigenvalue weighted by Crippen LogP contribution is -2.47. The second kappa shape index (κ2) is 9.17. The number of nitrogens with zero attached hydrogens (tertiary/aromatic N) is 3. The monoisotopic (exact) mass is 444 g/mol. The molecular weight excluding hydrogens is 420 g/mol. The zero-order valence-corrected chi connectivity index (χ0v) is 18.5. The molecule has 9 nitrogen and oxygen atoms in total. The van der Waals surface area contributed by atoms with E-state index in [4.69, 9.17) is 9.26 Å². The van der Waals surface area contributed by atoms with Crippen LogP contribution < -0.4 is 14.4 Å². The van der Waals surface area contributed by atoms with Crippen LogP contribution in [0.3, 0.4) is 0 Å². The first-order valence-corrected chi connectivity index (χ1v) is 11.3. The summed E-state index contributed by atoms with van der Waals surface area (Å²) in [6.45, 7) is 3.46. The molecule has 0 radical (unpaired) electrons. The van der Waals surface area contributed by atoms with Gasteiger partial charge in [0.1, 0.15) is 11.8 Å². The standard InChI is InChI=1S/C21H24N4O5S/c1-14-5-7-16(8-6-14)20-23-19(30-24-20)13-22-21(26)15(2)25(31(4,27)28)17-9-11-18(29-3)12-10-17/h5-12,15H,13H2,1-4H3,(H,22,26)/t15-/m1/s1. The zero-order chi connectivity index (χ0) is 22.6. The number of ether oxygens (including phenoxy) is 1. The molecule has 0 saturated heterocycles. The minimum atomic E-state index is -3.72. The Bertz CT molecular complexity index is 1140. The Kier molecular flexibility index (Phi) is 6.59. The van der Waals surface area contributed by atoms with Crippen LogP contribution in [0.4, 0.5) is 5.69 Å². The molecule has 0 aliphatic heterocycles. The van der Waals surface area contributed by atoms with Crippen LogP contribution in [0, 0.1) is 6.92 Å². The SMILES string of the molecule is COc1ccc(N([C@H](C)C(=O)NCc2nc(-c3ccc(C)cc3)no2)S(C)(=O)=O)cc1. The molecule has 0 spiro atoms. The van der Waals surface area contributed by atoms with Crippen LogP contribution in [0.1, 0.15) is 18.4 Å². The van der Waals surface area contributed by atoms with Crippen LogP contribution in [0.15, 0.2) is 53.1 Å². The number of nitrogens with one attached hydrogen (secondary N) is 1. The van der Waals surface area contributed by atoms with Crippen molar-refractivity contribution < 1.29 is 22.5 Å². The quantitative estimate of drug-likeness (QED) is 0.568. The molecular formula is C21H24N4O5S. The van der Waals surface area contributed by atoms with Crippen LogP contribution in [0.25, 0.3) is 11.4 Å². The number of anilines is 1. The first-order valence-electron chi connectivity index (χ1n) is 9.50. The van der Waals surface area contributed by atoms with E-state index in [-0.39, 0.29) is 12.4 Å². The Morgan fingerprint density at radius 3 is 2.39 bits per heavy atom. The second-order valence-corrected chi connectivity index (χ2v) is 8.89. The fourth-order valence-corrected chi connectivity index (χ4v) is 4.17. The van der Waals surface area contributed by atoms with Crippen LogP contribution >= 0.6 is 0 Å². The topological polar surface area (TPSA) is 115 Å². The van der Waals surface area contributed by atoms with Gasteiger partial charge in [0.15, 0.2) is 0 Å². The summed E-state index contributed by atoms with van der Waals surface area (Å²) < 4.78 is 36.1. The van der Waals surface area contributed by atoms with Crippen LogP contribution in [-0.4, -0.2) is 43.9 Å². The van der Waals surface area contributed by atoms with E-state index in [2.05, 4.69) is 15.5 Å². The van der Waals surface area contributed by atoms with Gasteiger partial charge in [-0.05, 0) is 38.1 Å². The van der Waals surface area contributed by atoms with Gasteiger partial charge in [-0.1, -0.05) is 35.0 Å². The van der Waals surface area contributed by atoms with Gasteiger partial charge in [0.2, 0.25) is 27.6 Å². The highest BCUT2D eigenvalue weighted by atomic mass is 32.2. The lowest BCUT2D eigenvalue weighted by molar-refractivity contribution is -0.122. The molecule has 3 aromatic rings. The Morgan fingerprint density at radius 1 is 1.16 bits per heavy atom. The van der Waals surface area contributed by atoms with Crippen molar-refractivity contribution in [3.05, 3.63) is 60.0 Å². The second-order valence-electron chi connectivity index (χ2n) is 7.03. The molecule has 1 atom stereocenters. The summed E-state index contributed by atoms with van der Waals surface area (Å²) in [5, 5.41) is 6.57. The first kappa shape index (κ1) is 22.3. The van der Waals surface area contributed by atoms with E-state index in [0.717, 1.165) is 21.7 Å². The molecule has 0 fully saturated rings. The highest BCUT2D eigenvalue weighted by Crippen LogP contribution is 2.24. The van der Waals surface area contributed by atoms with Crippen LogP contribution in [0.2, 0.25) is 0 Å². The number of benzene rings is 2. The number of aromatic nitrogens is 2. The van der Waals surface area contributed by atoms with Gasteiger partial charge in [0.25, 0.3) is 0 Å². The van der Waals surface area contributed by atoms with E-state index < -0.39 is 22.0 Å². The molecule has 3 rings (SSSR count). The van der Waals surface area contributed by atoms with Gasteiger partial charge >= 0.3 is 0 Å². The van der Waals surface area contributed by atoms with Crippen molar-refractivity contribution in [2.75, 3.05) is 17.7 Å². The van der Waals surface area contributed by atoms with Gasteiger partial charge < -0.3 is 14.6 Å². The van der Waals surface area contributed by atoms with Crippen molar-refractivity contribution in [1.82, 2.24) is 15.5 Å². The molecule has 0 bridgehead atoms. The number of sulfonamides is 1. The molecule has 0 saturated carbocycles. The smallest absolute Gasteiger partial charge is 0.246 e. The van der Waals surface area contributed by atoms with E-state index >= 15 is 0 Å². The summed E-state index contributed by atoms with van der Waals surface area (Å²) in [5.41, 5.74) is 2.26. The molecule has 0 aliphatic rings. The third-order valence-corrected chi connectivity index (χ3v) is 5.85. The highest BCUT2D eigenvalue weighted by Gasteiger charge is 2.29. The molecule has 1 aromatic heterocycles. The average Bonchev–Trinajstić information content (AvgIpc) is 3.21. The number of hydrogen-bond donors (Lipinski definition) is 1. The van der Waals surface area contributed by atoms with Gasteiger partial charge in [-0.2, -0.15) is 4.98 Å². The number of rotatable bonds is 8. The third-order valence-electron chi connectivity index (χ3n) is 4.61. The van der Waals surface area contributed by atoms with Crippen molar-refractivity contribution in [3.63, 3.8) is 0 Å². The molecule has 1 amide bonds. The molecule has 0 unspecified atom stereocenters. The summed E-state index contributed by atoms with van der Waals surface area (Å²) >= 11 is 0. The van der Waals surface area contributed by atoms with E-state index in [1.54, 1.807) is 24.3 Å². The number of methoxy groups -OCH3 is 1. The minimum absolute atomic E-state index is 0.0255. The van der Waals surface area contributed by atoms with Gasteiger partial charge in [-0.3, -0.25) is 9.10 Å². The van der Waals surface area contributed by atoms with Gasteiger partial charge in [-0.15, -0.1) is 0 Å². The Morgan fingerprint density at radius 2 is 1.81 bits per heavy atom. The Balaban J connectivity index is 1.70. The number of carbonyl (C=O) groups is 1. The van der Waals surface area contributed by atoms with E-state index in [1.807, 2.05) is 31.2 Å². The Hall–Kier alpha value is -3.40. The first-order chi connectivity index (χ1) is 14.7. The molecule has 10 heteroatoms. The van der Waals surface area contributed by atoms with Gasteiger partial charge in [-0.25, -0.2) is 8.42 Å². The summed E-state index contributed by atoms with van der Waals surface area (Å²) in [6, 6.07) is 13.1. The number of hydrogen-bond acceptors (Lipinski definition) is 7. The van der Waals surface area contributed by atoms with Gasteiger partial charge in [0.05, 0.1) is 25.6 Å². The molecule has 164 valence electrons. The fraction of sp³-hybridized carbons (Fsp3) is 0.286. The molecule has 2 aromatic carbocycles. The van der Waals surface area contributed by atoms with Crippen molar-refractivity contribution in [1.29, 1.82) is 0 Å². The normalized spacial score (nSPS) is 12.3. The van der Waals surface area contributed by atoms with Gasteiger partial charge in [0, 0.05) is 5.56 Å². The average molecular weight is 445 g/mol. The van der Waals surface area contributed by atoms with E-state index in [9.17, 15) is 13.2 Å². The van der Waals surface area contributed by atoms with Crippen LogP contribution in [0.5, 0.6) is 5.75 Å². The maximum atomic E-state index is 12.7. The predicted molar refractivity (Wildman–Crippen MR) is 116 cm³/mol. The molecule has 1 heterocycles. The maximum Gasteiger partial charge on any atom is 0.246 e. The summed E-state index contributed by atoms with van der Waals surface area (Å²) in [4.78, 5) is 17.0. The predicted octanol–water partition coefficient (Wildman–Crippen LogP) is 2.52. The summed E-state index contributed by atoms with van der Waals surface area (Å²) in [6.07, 6.45) is 1.05. The van der Waals surface area contributed by atoms with E-state index in [1.165, 1.54) is 14.0 Å². The lowest BCUT2D eigenvalue weighted by Gasteiger charge is -2.28. The van der Waals surface area contributed by atoms with E-state index in [0.29, 0.717) is 17.3 Å². The van der Waals surface area contributed by atoms with Crippen molar-refractivity contribution in [3.8, 4) is 17.1 Å². The van der Waals surface area contributed by atoms with Crippen molar-refractivity contribution >= 4 is 21.6 Å². The Labute approximate surface area is 181 Å². The maximum absolute atomic E-state index is 12.7. The zero-order valence-electron chi connectivity index (χ0n) is 17.7. The number of amides is 1. The molecule has 0 aliphatic carbocycles. The summed E-state index contributed by atoms with van der Waals surface area (Å²) in [5.74, 6) is 0.700. The number of carbonyl (C=O) groups excluding carboxylic acids is 1. The highest BCUT2D eigenvalue weighted by molar-refractivity contribution is 7.92. The third kappa shape index (κ3) is 5.40. The van der Waals surface area contributed by atoms with Crippen molar-refractivity contribution in [2.24, 2.45) is 0 Å². The summed E-state index contributed by atoms with van der Waals surface area (Å²) in [7, 11) is -2.20. The minimum Gasteiger partial charge on any atom is -0.497 e. The lowest BCUT2D eigenvalue weighted by atomic mass is 10.1.